The predicted octanol–water partition coefficient (Wildman–Crippen LogP) is 1.22. The van der Waals surface area contributed by atoms with Gasteiger partial charge in [0.15, 0.2) is 11.6 Å². The smallest absolute Gasteiger partial charge is 0.190 e. The van der Waals surface area contributed by atoms with E-state index in [9.17, 15) is 9.59 Å². The number of fused-ring (bicyclic) bond motifs is 2. The Morgan fingerprint density at radius 1 is 1.06 bits per heavy atom. The average molecular weight is 235 g/mol. The minimum atomic E-state index is -0.0809. The molecule has 1 aromatic rings. The van der Waals surface area contributed by atoms with E-state index in [0.29, 0.717) is 29.2 Å². The van der Waals surface area contributed by atoms with Crippen LogP contribution in [0.15, 0.2) is 6.07 Å². The number of carbonyl (C=O) groups is 2. The summed E-state index contributed by atoms with van der Waals surface area (Å²) >= 11 is 1.56. The number of ketones is 2. The molecule has 0 amide bonds. The molecule has 0 unspecified atom stereocenters. The van der Waals surface area contributed by atoms with Crippen LogP contribution in [0.2, 0.25) is 0 Å². The van der Waals surface area contributed by atoms with Gasteiger partial charge in [-0.15, -0.1) is 11.8 Å². The molecular weight excluding hydrogens is 226 g/mol. The van der Waals surface area contributed by atoms with Crippen LogP contribution >= 0.6 is 11.8 Å². The summed E-state index contributed by atoms with van der Waals surface area (Å²) in [4.78, 5) is 27.6. The number of Topliss-reactive ketones (excluding diaryl/α,β-unsaturated/α-hetero) is 2. The number of thioether (sulfide) groups is 1. The summed E-state index contributed by atoms with van der Waals surface area (Å²) in [5.41, 5.74) is 2.64. The van der Waals surface area contributed by atoms with Gasteiger partial charge in [-0.25, -0.2) is 0 Å². The molecule has 3 heterocycles. The highest BCUT2D eigenvalue weighted by atomic mass is 32.2. The van der Waals surface area contributed by atoms with Crippen molar-refractivity contribution in [2.24, 2.45) is 0 Å². The SMILES string of the molecule is O=C1COCc2nc3c(cc21)C(=O)CSC3. The number of hydrogen-bond acceptors (Lipinski definition) is 5. The first kappa shape index (κ1) is 9.99. The average Bonchev–Trinajstić information content (AvgIpc) is 2.28. The first-order valence-electron chi connectivity index (χ1n) is 5.00. The molecule has 0 aliphatic carbocycles. The lowest BCUT2D eigenvalue weighted by Gasteiger charge is -2.19. The number of rotatable bonds is 0. The first-order valence-corrected chi connectivity index (χ1v) is 6.16. The molecule has 16 heavy (non-hydrogen) atoms. The zero-order chi connectivity index (χ0) is 11.1. The van der Waals surface area contributed by atoms with Crippen LogP contribution < -0.4 is 0 Å². The molecule has 0 bridgehead atoms. The van der Waals surface area contributed by atoms with Crippen molar-refractivity contribution < 1.29 is 14.3 Å². The number of ether oxygens (including phenoxy) is 1. The number of carbonyl (C=O) groups excluding carboxylic acids is 2. The third kappa shape index (κ3) is 1.47. The summed E-state index contributed by atoms with van der Waals surface area (Å²) < 4.78 is 5.12. The zero-order valence-electron chi connectivity index (χ0n) is 8.49. The fraction of sp³-hybridized carbons (Fsp3) is 0.364. The van der Waals surface area contributed by atoms with Gasteiger partial charge in [-0.05, 0) is 6.07 Å². The lowest BCUT2D eigenvalue weighted by molar-refractivity contribution is 0.0654. The second-order valence-corrected chi connectivity index (χ2v) is 4.79. The van der Waals surface area contributed by atoms with Crippen molar-refractivity contribution in [2.45, 2.75) is 12.4 Å². The van der Waals surface area contributed by atoms with Crippen LogP contribution in [-0.4, -0.2) is 28.9 Å². The second kappa shape index (κ2) is 3.68. The molecule has 0 radical (unpaired) electrons. The Hall–Kier alpha value is -1.20. The normalized spacial score (nSPS) is 19.2. The van der Waals surface area contributed by atoms with Gasteiger partial charge >= 0.3 is 0 Å². The van der Waals surface area contributed by atoms with Gasteiger partial charge in [0.25, 0.3) is 0 Å². The molecule has 0 saturated carbocycles. The number of pyridine rings is 1. The van der Waals surface area contributed by atoms with Crippen molar-refractivity contribution >= 4 is 23.3 Å². The van der Waals surface area contributed by atoms with Crippen LogP contribution in [0, 0.1) is 0 Å². The largest absolute Gasteiger partial charge is 0.367 e. The molecule has 1 aromatic heterocycles. The van der Waals surface area contributed by atoms with Crippen molar-refractivity contribution in [3.05, 3.63) is 28.6 Å². The van der Waals surface area contributed by atoms with Crippen molar-refractivity contribution in [2.75, 3.05) is 12.4 Å². The molecule has 3 rings (SSSR count). The van der Waals surface area contributed by atoms with Crippen molar-refractivity contribution in [1.29, 1.82) is 0 Å². The van der Waals surface area contributed by atoms with Gasteiger partial charge in [0.2, 0.25) is 0 Å². The van der Waals surface area contributed by atoms with Crippen LogP contribution in [0.5, 0.6) is 0 Å². The van der Waals surface area contributed by atoms with Gasteiger partial charge in [0.05, 0.1) is 23.7 Å². The standard InChI is InChI=1S/C11H9NO3S/c13-10-3-15-2-8-6(10)1-7-9(12-8)4-16-5-11(7)14/h1H,2-5H2. The highest BCUT2D eigenvalue weighted by Crippen LogP contribution is 2.26. The minimum Gasteiger partial charge on any atom is -0.367 e. The molecule has 0 atom stereocenters. The number of aromatic nitrogens is 1. The zero-order valence-corrected chi connectivity index (χ0v) is 9.30. The predicted molar refractivity (Wildman–Crippen MR) is 58.7 cm³/mol. The minimum absolute atomic E-state index is 0.0702. The highest BCUT2D eigenvalue weighted by molar-refractivity contribution is 7.99. The Morgan fingerprint density at radius 3 is 2.75 bits per heavy atom. The Kier molecular flexibility index (Phi) is 2.29. The molecule has 2 aliphatic rings. The molecule has 0 N–H and O–H groups in total. The lowest BCUT2D eigenvalue weighted by Crippen LogP contribution is -2.23. The summed E-state index contributed by atoms with van der Waals surface area (Å²) in [5.74, 6) is 1.21. The van der Waals surface area contributed by atoms with E-state index >= 15 is 0 Å². The Labute approximate surface area is 96.4 Å². The van der Waals surface area contributed by atoms with Crippen molar-refractivity contribution in [1.82, 2.24) is 4.98 Å². The van der Waals surface area contributed by atoms with Crippen LogP contribution in [0.4, 0.5) is 0 Å². The van der Waals surface area contributed by atoms with Gasteiger partial charge in [-0.2, -0.15) is 0 Å². The van der Waals surface area contributed by atoms with Crippen molar-refractivity contribution in [3.8, 4) is 0 Å². The van der Waals surface area contributed by atoms with Crippen LogP contribution in [-0.2, 0) is 17.1 Å². The fourth-order valence-corrected chi connectivity index (χ4v) is 2.79. The van der Waals surface area contributed by atoms with E-state index in [-0.39, 0.29) is 18.2 Å². The van der Waals surface area contributed by atoms with Gasteiger partial charge < -0.3 is 4.74 Å². The maximum absolute atomic E-state index is 11.7. The Morgan fingerprint density at radius 2 is 1.88 bits per heavy atom. The molecule has 5 heteroatoms. The van der Waals surface area contributed by atoms with Crippen LogP contribution in [0.3, 0.4) is 0 Å². The summed E-state index contributed by atoms with van der Waals surface area (Å²) in [6, 6.07) is 1.70. The third-order valence-corrected chi connectivity index (χ3v) is 3.67. The Balaban J connectivity index is 2.18. The third-order valence-electron chi connectivity index (χ3n) is 2.73. The van der Waals surface area contributed by atoms with Crippen molar-refractivity contribution in [3.63, 3.8) is 0 Å². The summed E-state index contributed by atoms with van der Waals surface area (Å²) in [6.45, 7) is 0.462. The maximum Gasteiger partial charge on any atom is 0.190 e. The summed E-state index contributed by atoms with van der Waals surface area (Å²) in [5, 5.41) is 0. The highest BCUT2D eigenvalue weighted by Gasteiger charge is 2.25. The molecule has 0 saturated heterocycles. The monoisotopic (exact) mass is 235 g/mol. The van der Waals surface area contributed by atoms with E-state index < -0.39 is 0 Å². The Bertz CT molecular complexity index is 457. The molecule has 4 nitrogen and oxygen atoms in total. The molecule has 2 aliphatic heterocycles. The molecule has 82 valence electrons. The quantitative estimate of drug-likeness (QED) is 0.676. The van der Waals surface area contributed by atoms with Crippen LogP contribution in [0.1, 0.15) is 32.1 Å². The van der Waals surface area contributed by atoms with E-state index in [2.05, 4.69) is 4.98 Å². The molecule has 0 fully saturated rings. The number of hydrogen-bond donors (Lipinski definition) is 0. The second-order valence-electron chi connectivity index (χ2n) is 3.81. The topological polar surface area (TPSA) is 56.3 Å². The molecular formula is C11H9NO3S. The maximum atomic E-state index is 11.7. The summed E-state index contributed by atoms with van der Waals surface area (Å²) in [7, 11) is 0. The van der Waals surface area contributed by atoms with Gasteiger partial charge in [-0.1, -0.05) is 0 Å². The lowest BCUT2D eigenvalue weighted by atomic mass is 10.0. The molecule has 0 aromatic carbocycles. The number of nitrogens with zero attached hydrogens (tertiary/aromatic N) is 1. The molecule has 0 spiro atoms. The van der Waals surface area contributed by atoms with Gasteiger partial charge in [-0.3, -0.25) is 14.6 Å². The van der Waals surface area contributed by atoms with E-state index in [1.165, 1.54) is 0 Å². The summed E-state index contributed by atoms with van der Waals surface area (Å²) in [6.07, 6.45) is 0. The van der Waals surface area contributed by atoms with Gasteiger partial charge in [0, 0.05) is 16.9 Å². The fourth-order valence-electron chi connectivity index (χ4n) is 1.93. The van der Waals surface area contributed by atoms with Gasteiger partial charge in [0.1, 0.15) is 6.61 Å². The van der Waals surface area contributed by atoms with Crippen LogP contribution in [0.25, 0.3) is 0 Å². The van der Waals surface area contributed by atoms with E-state index in [1.54, 1.807) is 17.8 Å². The van der Waals surface area contributed by atoms with E-state index in [0.717, 1.165) is 11.4 Å². The van der Waals surface area contributed by atoms with E-state index in [1.807, 2.05) is 0 Å². The first-order chi connectivity index (χ1) is 7.75. The van der Waals surface area contributed by atoms with E-state index in [4.69, 9.17) is 4.74 Å².